The van der Waals surface area contributed by atoms with E-state index in [0.29, 0.717) is 6.04 Å². The zero-order valence-corrected chi connectivity index (χ0v) is 10.0. The maximum atomic E-state index is 5.38. The Morgan fingerprint density at radius 3 is 3.00 bits per heavy atom. The van der Waals surface area contributed by atoms with Crippen molar-refractivity contribution in [2.24, 2.45) is 0 Å². The average molecular weight is 231 g/mol. The van der Waals surface area contributed by atoms with Gasteiger partial charge in [0.05, 0.1) is 11.6 Å². The molecule has 3 rings (SSSR count). The van der Waals surface area contributed by atoms with Crippen LogP contribution in [0.25, 0.3) is 11.0 Å². The number of anilines is 1. The van der Waals surface area contributed by atoms with Crippen molar-refractivity contribution in [1.82, 2.24) is 9.88 Å². The van der Waals surface area contributed by atoms with Gasteiger partial charge in [0.2, 0.25) is 0 Å². The first kappa shape index (κ1) is 10.6. The van der Waals surface area contributed by atoms with Crippen LogP contribution in [0.4, 0.5) is 5.82 Å². The molecule has 0 aliphatic carbocycles. The van der Waals surface area contributed by atoms with Crippen molar-refractivity contribution < 1.29 is 4.42 Å². The summed E-state index contributed by atoms with van der Waals surface area (Å²) in [7, 11) is 2.17. The molecular weight excluding hydrogens is 214 g/mol. The lowest BCUT2D eigenvalue weighted by atomic mass is 10.1. The van der Waals surface area contributed by atoms with Gasteiger partial charge in [-0.2, -0.15) is 0 Å². The fraction of sp³-hybridized carbons (Fsp3) is 0.462. The van der Waals surface area contributed by atoms with Crippen LogP contribution in [0.2, 0.25) is 0 Å². The first-order valence-corrected chi connectivity index (χ1v) is 6.10. The number of pyridine rings is 1. The lowest BCUT2D eigenvalue weighted by Crippen LogP contribution is -2.36. The highest BCUT2D eigenvalue weighted by molar-refractivity contribution is 5.87. The largest absolute Gasteiger partial charge is 0.464 e. The maximum Gasteiger partial charge on any atom is 0.139 e. The molecule has 17 heavy (non-hydrogen) atoms. The molecule has 90 valence electrons. The van der Waals surface area contributed by atoms with Gasteiger partial charge in [-0.25, -0.2) is 4.98 Å². The molecule has 3 heterocycles. The lowest BCUT2D eigenvalue weighted by Gasteiger charge is -2.29. The summed E-state index contributed by atoms with van der Waals surface area (Å²) in [5.74, 6) is 0.950. The molecule has 0 atom stereocenters. The van der Waals surface area contributed by atoms with Gasteiger partial charge in [0.25, 0.3) is 0 Å². The summed E-state index contributed by atoms with van der Waals surface area (Å²) in [6, 6.07) is 4.40. The molecule has 1 N–H and O–H groups in total. The molecular formula is C13H17N3O. The monoisotopic (exact) mass is 231 g/mol. The van der Waals surface area contributed by atoms with E-state index in [4.69, 9.17) is 4.42 Å². The second kappa shape index (κ2) is 4.37. The van der Waals surface area contributed by atoms with Crippen molar-refractivity contribution >= 4 is 16.8 Å². The molecule has 1 saturated heterocycles. The van der Waals surface area contributed by atoms with Gasteiger partial charge < -0.3 is 14.6 Å². The van der Waals surface area contributed by atoms with Crippen LogP contribution in [-0.2, 0) is 0 Å². The SMILES string of the molecule is CN1CCC(Nc2nccc3occc23)CC1. The zero-order chi connectivity index (χ0) is 11.7. The topological polar surface area (TPSA) is 41.3 Å². The van der Waals surface area contributed by atoms with E-state index in [9.17, 15) is 0 Å². The van der Waals surface area contributed by atoms with Crippen molar-refractivity contribution in [3.05, 3.63) is 24.6 Å². The summed E-state index contributed by atoms with van der Waals surface area (Å²) in [6.45, 7) is 2.30. The predicted octanol–water partition coefficient (Wildman–Crippen LogP) is 2.33. The third-order valence-corrected chi connectivity index (χ3v) is 3.44. The third-order valence-electron chi connectivity index (χ3n) is 3.44. The average Bonchev–Trinajstić information content (AvgIpc) is 2.81. The Balaban J connectivity index is 1.78. The molecule has 0 saturated carbocycles. The van der Waals surface area contributed by atoms with E-state index >= 15 is 0 Å². The molecule has 1 fully saturated rings. The van der Waals surface area contributed by atoms with Crippen molar-refractivity contribution in [2.75, 3.05) is 25.5 Å². The smallest absolute Gasteiger partial charge is 0.139 e. The number of furan rings is 1. The van der Waals surface area contributed by atoms with Crippen LogP contribution in [0.1, 0.15) is 12.8 Å². The molecule has 2 aromatic rings. The van der Waals surface area contributed by atoms with Crippen LogP contribution in [0.5, 0.6) is 0 Å². The van der Waals surface area contributed by atoms with E-state index in [1.807, 2.05) is 12.1 Å². The Morgan fingerprint density at radius 2 is 2.18 bits per heavy atom. The van der Waals surface area contributed by atoms with E-state index < -0.39 is 0 Å². The molecule has 0 amide bonds. The second-order valence-electron chi connectivity index (χ2n) is 4.71. The van der Waals surface area contributed by atoms with Gasteiger partial charge in [-0.1, -0.05) is 0 Å². The summed E-state index contributed by atoms with van der Waals surface area (Å²) in [5.41, 5.74) is 0.899. The summed E-state index contributed by atoms with van der Waals surface area (Å²) >= 11 is 0. The van der Waals surface area contributed by atoms with E-state index in [0.717, 1.165) is 29.9 Å². The van der Waals surface area contributed by atoms with Crippen LogP contribution in [0.3, 0.4) is 0 Å². The Kier molecular flexibility index (Phi) is 2.73. The fourth-order valence-corrected chi connectivity index (χ4v) is 2.36. The minimum Gasteiger partial charge on any atom is -0.464 e. The van der Waals surface area contributed by atoms with Crippen molar-refractivity contribution in [1.29, 1.82) is 0 Å². The standard InChI is InChI=1S/C13H17N3O/c1-16-7-3-10(4-8-16)15-13-11-5-9-17-12(11)2-6-14-13/h2,5-6,9-10H,3-4,7-8H2,1H3,(H,14,15). The molecule has 1 aliphatic heterocycles. The number of hydrogen-bond acceptors (Lipinski definition) is 4. The number of fused-ring (bicyclic) bond motifs is 1. The minimum atomic E-state index is 0.527. The molecule has 4 heteroatoms. The summed E-state index contributed by atoms with van der Waals surface area (Å²) < 4.78 is 5.38. The van der Waals surface area contributed by atoms with E-state index in [2.05, 4.69) is 22.2 Å². The highest BCUT2D eigenvalue weighted by atomic mass is 16.3. The van der Waals surface area contributed by atoms with Gasteiger partial charge in [0, 0.05) is 12.2 Å². The number of nitrogens with zero attached hydrogens (tertiary/aromatic N) is 2. The van der Waals surface area contributed by atoms with Crippen molar-refractivity contribution in [3.63, 3.8) is 0 Å². The van der Waals surface area contributed by atoms with Gasteiger partial charge in [-0.05, 0) is 45.1 Å². The lowest BCUT2D eigenvalue weighted by molar-refractivity contribution is 0.264. The number of likely N-dealkylation sites (tertiary alicyclic amines) is 1. The fourth-order valence-electron chi connectivity index (χ4n) is 2.36. The molecule has 0 aromatic carbocycles. The maximum absolute atomic E-state index is 5.38. The predicted molar refractivity (Wildman–Crippen MR) is 68.2 cm³/mol. The number of aromatic nitrogens is 1. The van der Waals surface area contributed by atoms with Gasteiger partial charge in [-0.15, -0.1) is 0 Å². The van der Waals surface area contributed by atoms with Gasteiger partial charge in [0.1, 0.15) is 11.4 Å². The first-order valence-electron chi connectivity index (χ1n) is 6.10. The molecule has 4 nitrogen and oxygen atoms in total. The molecule has 0 bridgehead atoms. The summed E-state index contributed by atoms with van der Waals surface area (Å²) in [4.78, 5) is 6.77. The first-order chi connectivity index (χ1) is 8.33. The van der Waals surface area contributed by atoms with Gasteiger partial charge >= 0.3 is 0 Å². The van der Waals surface area contributed by atoms with E-state index in [1.165, 1.54) is 12.8 Å². The number of piperidine rings is 1. The molecule has 0 unspecified atom stereocenters. The second-order valence-corrected chi connectivity index (χ2v) is 4.71. The van der Waals surface area contributed by atoms with Gasteiger partial charge in [-0.3, -0.25) is 0 Å². The zero-order valence-electron chi connectivity index (χ0n) is 10.0. The van der Waals surface area contributed by atoms with Crippen LogP contribution in [0, 0.1) is 0 Å². The van der Waals surface area contributed by atoms with Crippen LogP contribution in [0.15, 0.2) is 29.0 Å². The number of hydrogen-bond donors (Lipinski definition) is 1. The third kappa shape index (κ3) is 2.13. The van der Waals surface area contributed by atoms with Crippen LogP contribution < -0.4 is 5.32 Å². The van der Waals surface area contributed by atoms with Crippen LogP contribution >= 0.6 is 0 Å². The quantitative estimate of drug-likeness (QED) is 0.861. The summed E-state index contributed by atoms with van der Waals surface area (Å²) in [6.07, 6.45) is 5.86. The number of rotatable bonds is 2. The van der Waals surface area contributed by atoms with E-state index in [-0.39, 0.29) is 0 Å². The molecule has 1 aliphatic rings. The normalized spacial score (nSPS) is 18.6. The Hall–Kier alpha value is -1.55. The number of nitrogens with one attached hydrogen (secondary N) is 1. The van der Waals surface area contributed by atoms with Crippen molar-refractivity contribution in [2.45, 2.75) is 18.9 Å². The van der Waals surface area contributed by atoms with E-state index in [1.54, 1.807) is 12.5 Å². The Labute approximate surface area is 101 Å². The molecule has 2 aromatic heterocycles. The van der Waals surface area contributed by atoms with Crippen LogP contribution in [-0.4, -0.2) is 36.1 Å². The Bertz CT molecular complexity index is 500. The highest BCUT2D eigenvalue weighted by Gasteiger charge is 2.17. The summed E-state index contributed by atoms with van der Waals surface area (Å²) in [5, 5.41) is 4.61. The Morgan fingerprint density at radius 1 is 1.35 bits per heavy atom. The molecule has 0 radical (unpaired) electrons. The van der Waals surface area contributed by atoms with Gasteiger partial charge in [0.15, 0.2) is 0 Å². The highest BCUT2D eigenvalue weighted by Crippen LogP contribution is 2.24. The minimum absolute atomic E-state index is 0.527. The molecule has 0 spiro atoms. The van der Waals surface area contributed by atoms with Crippen molar-refractivity contribution in [3.8, 4) is 0 Å².